The van der Waals surface area contributed by atoms with Gasteiger partial charge in [-0.05, 0) is 37.3 Å². The van der Waals surface area contributed by atoms with Gasteiger partial charge in [0.1, 0.15) is 12.4 Å². The second-order valence-electron chi connectivity index (χ2n) is 4.54. The Bertz CT molecular complexity index is 587. The fourth-order valence-electron chi connectivity index (χ4n) is 1.88. The molecule has 0 unspecified atom stereocenters. The van der Waals surface area contributed by atoms with Crippen molar-refractivity contribution in [1.29, 1.82) is 0 Å². The average Bonchev–Trinajstić information content (AvgIpc) is 2.47. The minimum Gasteiger partial charge on any atom is -0.491 e. The van der Waals surface area contributed by atoms with Crippen LogP contribution in [0.15, 0.2) is 42.5 Å². The molecule has 0 aromatic heterocycles. The monoisotopic (exact) mass is 287 g/mol. The van der Waals surface area contributed by atoms with Crippen molar-refractivity contribution >= 4 is 22.7 Å². The normalized spacial score (nSPS) is 10.3. The molecule has 5 N–H and O–H groups in total. The van der Waals surface area contributed by atoms with Crippen molar-refractivity contribution in [2.24, 2.45) is 0 Å². The first kappa shape index (κ1) is 15.0. The van der Waals surface area contributed by atoms with E-state index in [1.165, 1.54) is 0 Å². The zero-order valence-corrected chi connectivity index (χ0v) is 12.1. The van der Waals surface area contributed by atoms with E-state index in [1.807, 2.05) is 37.3 Å². The largest absolute Gasteiger partial charge is 0.491 e. The maximum absolute atomic E-state index is 5.93. The highest BCUT2D eigenvalue weighted by atomic mass is 16.5. The van der Waals surface area contributed by atoms with Crippen LogP contribution in [-0.2, 0) is 4.74 Å². The van der Waals surface area contributed by atoms with Crippen LogP contribution in [0.4, 0.5) is 22.7 Å². The first-order valence-electron chi connectivity index (χ1n) is 6.91. The fourth-order valence-corrected chi connectivity index (χ4v) is 1.88. The Kier molecular flexibility index (Phi) is 5.29. The lowest BCUT2D eigenvalue weighted by Gasteiger charge is -2.12. The minimum absolute atomic E-state index is 0.529. The van der Waals surface area contributed by atoms with Gasteiger partial charge in [-0.15, -0.1) is 0 Å². The third-order valence-electron chi connectivity index (χ3n) is 2.89. The van der Waals surface area contributed by atoms with Crippen molar-refractivity contribution in [3.05, 3.63) is 42.5 Å². The molecule has 0 atom stereocenters. The quantitative estimate of drug-likeness (QED) is 0.538. The molecular weight excluding hydrogens is 266 g/mol. The molecule has 0 saturated heterocycles. The van der Waals surface area contributed by atoms with E-state index in [0.717, 1.165) is 17.1 Å². The standard InChI is InChI=1S/C16H21N3O2/c1-2-20-8-9-21-14-5-3-4-13(11-14)19-16-7-6-12(17)10-15(16)18/h3-7,10-11,19H,2,8-9,17-18H2,1H3. The van der Waals surface area contributed by atoms with Gasteiger partial charge < -0.3 is 26.3 Å². The molecule has 0 aliphatic rings. The molecule has 0 heterocycles. The zero-order valence-electron chi connectivity index (χ0n) is 12.1. The van der Waals surface area contributed by atoms with Gasteiger partial charge >= 0.3 is 0 Å². The van der Waals surface area contributed by atoms with Gasteiger partial charge in [-0.2, -0.15) is 0 Å². The fraction of sp³-hybridized carbons (Fsp3) is 0.250. The third-order valence-corrected chi connectivity index (χ3v) is 2.89. The van der Waals surface area contributed by atoms with Crippen molar-refractivity contribution in [3.63, 3.8) is 0 Å². The predicted octanol–water partition coefficient (Wildman–Crippen LogP) is 3.01. The lowest BCUT2D eigenvalue weighted by Crippen LogP contribution is -2.06. The molecule has 0 aliphatic carbocycles. The molecule has 2 rings (SSSR count). The number of hydrogen-bond acceptors (Lipinski definition) is 5. The summed E-state index contributed by atoms with van der Waals surface area (Å²) in [6, 6.07) is 13.1. The van der Waals surface area contributed by atoms with Crippen molar-refractivity contribution in [3.8, 4) is 5.75 Å². The van der Waals surface area contributed by atoms with E-state index < -0.39 is 0 Å². The number of ether oxygens (including phenoxy) is 2. The second-order valence-corrected chi connectivity index (χ2v) is 4.54. The van der Waals surface area contributed by atoms with Crippen LogP contribution in [0.1, 0.15) is 6.92 Å². The number of benzene rings is 2. The minimum atomic E-state index is 0.529. The lowest BCUT2D eigenvalue weighted by atomic mass is 10.2. The summed E-state index contributed by atoms with van der Waals surface area (Å²) in [5.41, 5.74) is 14.6. The summed E-state index contributed by atoms with van der Waals surface area (Å²) in [6.07, 6.45) is 0. The molecule has 2 aromatic carbocycles. The van der Waals surface area contributed by atoms with Gasteiger partial charge in [0.05, 0.1) is 18.0 Å². The zero-order chi connectivity index (χ0) is 15.1. The van der Waals surface area contributed by atoms with Crippen molar-refractivity contribution < 1.29 is 9.47 Å². The van der Waals surface area contributed by atoms with E-state index in [0.29, 0.717) is 31.2 Å². The summed E-state index contributed by atoms with van der Waals surface area (Å²) < 4.78 is 10.9. The Labute approximate surface area is 124 Å². The predicted molar refractivity (Wildman–Crippen MR) is 87.0 cm³/mol. The Balaban J connectivity index is 2.00. The van der Waals surface area contributed by atoms with Gasteiger partial charge in [-0.1, -0.05) is 6.07 Å². The number of hydrogen-bond donors (Lipinski definition) is 3. The molecule has 0 aliphatic heterocycles. The molecule has 0 spiro atoms. The van der Waals surface area contributed by atoms with Crippen LogP contribution in [0.2, 0.25) is 0 Å². The van der Waals surface area contributed by atoms with Crippen LogP contribution in [0.25, 0.3) is 0 Å². The van der Waals surface area contributed by atoms with E-state index in [9.17, 15) is 0 Å². The Morgan fingerprint density at radius 2 is 1.90 bits per heavy atom. The molecule has 0 saturated carbocycles. The van der Waals surface area contributed by atoms with Crippen LogP contribution >= 0.6 is 0 Å². The molecule has 2 aromatic rings. The van der Waals surface area contributed by atoms with E-state index in [4.69, 9.17) is 20.9 Å². The number of nitrogens with one attached hydrogen (secondary N) is 1. The molecular formula is C16H21N3O2. The van der Waals surface area contributed by atoms with Gasteiger partial charge in [0.25, 0.3) is 0 Å². The third kappa shape index (κ3) is 4.57. The smallest absolute Gasteiger partial charge is 0.121 e. The van der Waals surface area contributed by atoms with Crippen molar-refractivity contribution in [1.82, 2.24) is 0 Å². The maximum Gasteiger partial charge on any atom is 0.121 e. The van der Waals surface area contributed by atoms with E-state index in [-0.39, 0.29) is 0 Å². The van der Waals surface area contributed by atoms with Crippen LogP contribution in [-0.4, -0.2) is 19.8 Å². The van der Waals surface area contributed by atoms with Gasteiger partial charge in [0.15, 0.2) is 0 Å². The Morgan fingerprint density at radius 1 is 1.05 bits per heavy atom. The molecule has 21 heavy (non-hydrogen) atoms. The maximum atomic E-state index is 5.93. The summed E-state index contributed by atoms with van der Waals surface area (Å²) in [5, 5.41) is 3.25. The highest BCUT2D eigenvalue weighted by molar-refractivity contribution is 5.75. The highest BCUT2D eigenvalue weighted by Crippen LogP contribution is 2.26. The number of nitrogen functional groups attached to an aromatic ring is 2. The first-order chi connectivity index (χ1) is 10.2. The molecule has 0 radical (unpaired) electrons. The molecule has 5 nitrogen and oxygen atoms in total. The Morgan fingerprint density at radius 3 is 2.67 bits per heavy atom. The lowest BCUT2D eigenvalue weighted by molar-refractivity contribution is 0.110. The second kappa shape index (κ2) is 7.40. The molecule has 112 valence electrons. The van der Waals surface area contributed by atoms with Crippen LogP contribution < -0.4 is 21.5 Å². The molecule has 0 amide bonds. The average molecular weight is 287 g/mol. The molecule has 0 bridgehead atoms. The van der Waals surface area contributed by atoms with Crippen LogP contribution in [0.3, 0.4) is 0 Å². The van der Waals surface area contributed by atoms with Crippen LogP contribution in [0, 0.1) is 0 Å². The number of nitrogens with two attached hydrogens (primary N) is 2. The van der Waals surface area contributed by atoms with E-state index >= 15 is 0 Å². The van der Waals surface area contributed by atoms with Gasteiger partial charge in [0.2, 0.25) is 0 Å². The Hall–Kier alpha value is -2.40. The van der Waals surface area contributed by atoms with Crippen molar-refractivity contribution in [2.45, 2.75) is 6.92 Å². The summed E-state index contributed by atoms with van der Waals surface area (Å²) in [5.74, 6) is 0.786. The number of anilines is 4. The SMILES string of the molecule is CCOCCOc1cccc(Nc2ccc(N)cc2N)c1. The van der Waals surface area contributed by atoms with Crippen molar-refractivity contribution in [2.75, 3.05) is 36.6 Å². The summed E-state index contributed by atoms with van der Waals surface area (Å²) in [7, 11) is 0. The summed E-state index contributed by atoms with van der Waals surface area (Å²) >= 11 is 0. The van der Waals surface area contributed by atoms with E-state index in [1.54, 1.807) is 12.1 Å². The topological polar surface area (TPSA) is 82.5 Å². The molecule has 0 fully saturated rings. The first-order valence-corrected chi connectivity index (χ1v) is 6.91. The van der Waals surface area contributed by atoms with Gasteiger partial charge in [-0.25, -0.2) is 0 Å². The molecule has 5 heteroatoms. The highest BCUT2D eigenvalue weighted by Gasteiger charge is 2.02. The summed E-state index contributed by atoms with van der Waals surface area (Å²) in [4.78, 5) is 0. The van der Waals surface area contributed by atoms with Gasteiger partial charge in [-0.3, -0.25) is 0 Å². The van der Waals surface area contributed by atoms with Gasteiger partial charge in [0, 0.05) is 24.0 Å². The summed E-state index contributed by atoms with van der Waals surface area (Å²) in [6.45, 7) is 3.77. The van der Waals surface area contributed by atoms with Crippen LogP contribution in [0.5, 0.6) is 5.75 Å². The van der Waals surface area contributed by atoms with E-state index in [2.05, 4.69) is 5.32 Å². The number of rotatable bonds is 7.